The van der Waals surface area contributed by atoms with E-state index in [2.05, 4.69) is 64.2 Å². The summed E-state index contributed by atoms with van der Waals surface area (Å²) in [6.07, 6.45) is 16.4. The maximum absolute atomic E-state index is 13.0. The van der Waals surface area contributed by atoms with Crippen LogP contribution < -0.4 is 5.32 Å². The van der Waals surface area contributed by atoms with Gasteiger partial charge in [-0.25, -0.2) is 4.79 Å². The summed E-state index contributed by atoms with van der Waals surface area (Å²) in [6, 6.07) is 14.2. The first kappa shape index (κ1) is 28.8. The van der Waals surface area contributed by atoms with Gasteiger partial charge in [-0.1, -0.05) is 102 Å². The molecule has 0 bridgehead atoms. The number of nitrogens with one attached hydrogen (secondary N) is 1. The van der Waals surface area contributed by atoms with Crippen molar-refractivity contribution in [3.8, 4) is 0 Å². The summed E-state index contributed by atoms with van der Waals surface area (Å²) in [6.45, 7) is 12.6. The van der Waals surface area contributed by atoms with Crippen molar-refractivity contribution in [3.05, 3.63) is 54.1 Å². The predicted molar refractivity (Wildman–Crippen MR) is 171 cm³/mol. The molecule has 3 heteroatoms. The molecule has 0 unspecified atom stereocenters. The van der Waals surface area contributed by atoms with Gasteiger partial charge in [0, 0.05) is 11.8 Å². The molecule has 3 saturated carbocycles. The van der Waals surface area contributed by atoms with Crippen LogP contribution in [0.5, 0.6) is 0 Å². The van der Waals surface area contributed by atoms with E-state index in [9.17, 15) is 4.79 Å². The molecule has 2 aromatic rings. The maximum Gasteiger partial charge on any atom is 0.411 e. The van der Waals surface area contributed by atoms with Crippen molar-refractivity contribution >= 4 is 22.6 Å². The third kappa shape index (κ3) is 5.36. The Hall–Kier alpha value is -2.29. The molecule has 3 fully saturated rings. The van der Waals surface area contributed by atoms with Gasteiger partial charge in [0.25, 0.3) is 0 Å². The second-order valence-corrected chi connectivity index (χ2v) is 15.2. The van der Waals surface area contributed by atoms with Crippen LogP contribution in [0.25, 0.3) is 10.8 Å². The summed E-state index contributed by atoms with van der Waals surface area (Å²) in [5.41, 5.74) is 3.20. The molecular formula is C38H53NO2. The van der Waals surface area contributed by atoms with Gasteiger partial charge in [-0.05, 0) is 103 Å². The summed E-state index contributed by atoms with van der Waals surface area (Å²) < 4.78 is 6.06. The molecule has 4 aliphatic rings. The Labute approximate surface area is 248 Å². The maximum atomic E-state index is 13.0. The third-order valence-corrected chi connectivity index (χ3v) is 12.6. The molecule has 4 aliphatic carbocycles. The third-order valence-electron chi connectivity index (χ3n) is 12.6. The Morgan fingerprint density at radius 1 is 0.951 bits per heavy atom. The Morgan fingerprint density at radius 2 is 1.76 bits per heavy atom. The van der Waals surface area contributed by atoms with E-state index in [-0.39, 0.29) is 17.6 Å². The summed E-state index contributed by atoms with van der Waals surface area (Å²) in [5, 5.41) is 5.21. The van der Waals surface area contributed by atoms with Crippen LogP contribution in [-0.2, 0) is 4.74 Å². The fourth-order valence-corrected chi connectivity index (χ4v) is 10.4. The van der Waals surface area contributed by atoms with Gasteiger partial charge in [-0.3, -0.25) is 5.32 Å². The number of ether oxygens (including phenoxy) is 1. The molecule has 0 spiro atoms. The number of rotatable bonds is 7. The lowest BCUT2D eigenvalue weighted by Gasteiger charge is -2.58. The first-order valence-electron chi connectivity index (χ1n) is 16.8. The first-order chi connectivity index (χ1) is 19.7. The van der Waals surface area contributed by atoms with Crippen LogP contribution in [0.2, 0.25) is 0 Å². The van der Waals surface area contributed by atoms with E-state index in [1.165, 1.54) is 51.4 Å². The lowest BCUT2D eigenvalue weighted by Crippen LogP contribution is -2.51. The molecule has 0 radical (unpaired) electrons. The van der Waals surface area contributed by atoms with Crippen LogP contribution in [0.1, 0.15) is 105 Å². The minimum atomic E-state index is -0.322. The van der Waals surface area contributed by atoms with E-state index in [0.29, 0.717) is 5.41 Å². The molecule has 0 aliphatic heterocycles. The number of fused-ring (bicyclic) bond motifs is 6. The standard InChI is InChI=1S/C38H53NO2/c1-25(2)10-8-11-26(3)32-18-19-33-31-17-16-28-24-29(20-22-37(28,4)34(31)21-23-38(32,33)5)41-36(40)39-35-15-9-13-27-12-6-7-14-30(27)35/h6-7,9,12-16,25-26,29,31-34H,8,10-11,17-24H2,1-5H3,(H,39,40)/t26-,29+,31-,32+,33-,34-,37+,38-/m1/s1. The van der Waals surface area contributed by atoms with Crippen molar-refractivity contribution in [1.29, 1.82) is 0 Å². The van der Waals surface area contributed by atoms with Crippen LogP contribution in [-0.4, -0.2) is 12.2 Å². The lowest BCUT2D eigenvalue weighted by molar-refractivity contribution is -0.0577. The Kier molecular flexibility index (Phi) is 8.02. The minimum absolute atomic E-state index is 0.0303. The van der Waals surface area contributed by atoms with E-state index in [1.807, 2.05) is 24.3 Å². The van der Waals surface area contributed by atoms with Gasteiger partial charge < -0.3 is 4.74 Å². The lowest BCUT2D eigenvalue weighted by atomic mass is 9.47. The van der Waals surface area contributed by atoms with E-state index in [0.717, 1.165) is 71.2 Å². The number of amides is 1. The minimum Gasteiger partial charge on any atom is -0.446 e. The zero-order valence-corrected chi connectivity index (χ0v) is 26.3. The monoisotopic (exact) mass is 555 g/mol. The SMILES string of the molecule is CC(C)CCC[C@@H](C)[C@@H]1CC[C@@H]2[C@H]3CC=C4C[C@@H](OC(=O)Nc5cccc6ccccc56)CC[C@]4(C)[C@@H]3CC[C@@]21C. The zero-order valence-electron chi connectivity index (χ0n) is 26.3. The number of anilines is 1. The number of benzene rings is 2. The summed E-state index contributed by atoms with van der Waals surface area (Å²) >= 11 is 0. The average molecular weight is 556 g/mol. The molecule has 0 aromatic heterocycles. The number of carbonyl (C=O) groups is 1. The predicted octanol–water partition coefficient (Wildman–Crippen LogP) is 10.8. The Balaban J connectivity index is 1.10. The fourth-order valence-electron chi connectivity index (χ4n) is 10.4. The van der Waals surface area contributed by atoms with Crippen molar-refractivity contribution in [2.24, 2.45) is 46.3 Å². The number of carbonyl (C=O) groups excluding carboxylic acids is 1. The van der Waals surface area contributed by atoms with Gasteiger partial charge in [-0.2, -0.15) is 0 Å². The van der Waals surface area contributed by atoms with E-state index in [4.69, 9.17) is 4.74 Å². The first-order valence-corrected chi connectivity index (χ1v) is 16.8. The molecule has 41 heavy (non-hydrogen) atoms. The van der Waals surface area contributed by atoms with Crippen LogP contribution in [0.3, 0.4) is 0 Å². The quantitative estimate of drug-likeness (QED) is 0.345. The number of hydrogen-bond donors (Lipinski definition) is 1. The summed E-state index contributed by atoms with van der Waals surface area (Å²) in [4.78, 5) is 13.0. The highest BCUT2D eigenvalue weighted by Gasteiger charge is 2.59. The molecule has 3 nitrogen and oxygen atoms in total. The van der Waals surface area contributed by atoms with Crippen molar-refractivity contribution < 1.29 is 9.53 Å². The normalized spacial score (nSPS) is 35.3. The van der Waals surface area contributed by atoms with Crippen LogP contribution in [0.15, 0.2) is 54.1 Å². The van der Waals surface area contributed by atoms with Gasteiger partial charge >= 0.3 is 6.09 Å². The van der Waals surface area contributed by atoms with Crippen LogP contribution in [0.4, 0.5) is 10.5 Å². The fraction of sp³-hybridized carbons (Fsp3) is 0.658. The summed E-state index contributed by atoms with van der Waals surface area (Å²) in [5.74, 6) is 5.10. The topological polar surface area (TPSA) is 38.3 Å². The smallest absolute Gasteiger partial charge is 0.411 e. The summed E-state index contributed by atoms with van der Waals surface area (Å²) in [7, 11) is 0. The van der Waals surface area contributed by atoms with Crippen molar-refractivity contribution in [3.63, 3.8) is 0 Å². The molecule has 0 heterocycles. The van der Waals surface area contributed by atoms with E-state index in [1.54, 1.807) is 5.57 Å². The average Bonchev–Trinajstić information content (AvgIpc) is 3.30. The molecule has 8 atom stereocenters. The Bertz CT molecular complexity index is 1270. The number of hydrogen-bond acceptors (Lipinski definition) is 2. The van der Waals surface area contributed by atoms with E-state index < -0.39 is 0 Å². The second-order valence-electron chi connectivity index (χ2n) is 15.2. The van der Waals surface area contributed by atoms with Gasteiger partial charge in [0.05, 0.1) is 5.69 Å². The van der Waals surface area contributed by atoms with Crippen molar-refractivity contribution in [2.45, 2.75) is 111 Å². The highest BCUT2D eigenvalue weighted by Crippen LogP contribution is 2.67. The van der Waals surface area contributed by atoms with E-state index >= 15 is 0 Å². The van der Waals surface area contributed by atoms with Gasteiger partial charge in [-0.15, -0.1) is 0 Å². The zero-order chi connectivity index (χ0) is 28.8. The molecule has 6 rings (SSSR count). The number of allylic oxidation sites excluding steroid dienone is 1. The molecule has 1 N–H and O–H groups in total. The molecule has 2 aromatic carbocycles. The molecule has 1 amide bonds. The van der Waals surface area contributed by atoms with Gasteiger partial charge in [0.1, 0.15) is 6.10 Å². The Morgan fingerprint density at radius 3 is 2.59 bits per heavy atom. The molecule has 222 valence electrons. The highest BCUT2D eigenvalue weighted by molar-refractivity contribution is 6.00. The van der Waals surface area contributed by atoms with Gasteiger partial charge in [0.15, 0.2) is 0 Å². The highest BCUT2D eigenvalue weighted by atomic mass is 16.6. The molecular weight excluding hydrogens is 502 g/mol. The van der Waals surface area contributed by atoms with Gasteiger partial charge in [0.2, 0.25) is 0 Å². The van der Waals surface area contributed by atoms with Crippen LogP contribution >= 0.6 is 0 Å². The van der Waals surface area contributed by atoms with Crippen molar-refractivity contribution in [1.82, 2.24) is 0 Å². The largest absolute Gasteiger partial charge is 0.446 e. The molecule has 0 saturated heterocycles. The van der Waals surface area contributed by atoms with Crippen LogP contribution in [0, 0.1) is 46.3 Å². The van der Waals surface area contributed by atoms with Crippen molar-refractivity contribution in [2.75, 3.05) is 5.32 Å². The second kappa shape index (κ2) is 11.4.